The zero-order chi connectivity index (χ0) is 13.9. The van der Waals surface area contributed by atoms with E-state index in [1.807, 2.05) is 0 Å². The largest absolute Gasteiger partial charge is 0.505 e. The van der Waals surface area contributed by atoms with Crippen molar-refractivity contribution in [3.63, 3.8) is 0 Å². The van der Waals surface area contributed by atoms with E-state index in [-0.39, 0.29) is 23.3 Å². The molecule has 1 heterocycles. The van der Waals surface area contributed by atoms with Crippen LogP contribution in [0.15, 0.2) is 18.3 Å². The summed E-state index contributed by atoms with van der Waals surface area (Å²) >= 11 is 0. The van der Waals surface area contributed by atoms with Gasteiger partial charge in [0.2, 0.25) is 0 Å². The van der Waals surface area contributed by atoms with Crippen LogP contribution in [0.25, 0.3) is 0 Å². The topological polar surface area (TPSA) is 99.5 Å². The lowest BCUT2D eigenvalue weighted by molar-refractivity contribution is -0.141. The van der Waals surface area contributed by atoms with Crippen molar-refractivity contribution in [3.05, 3.63) is 24.0 Å². The highest BCUT2D eigenvalue weighted by Crippen LogP contribution is 2.43. The van der Waals surface area contributed by atoms with Crippen molar-refractivity contribution < 1.29 is 19.8 Å². The first-order valence-electron chi connectivity index (χ1n) is 6.16. The van der Waals surface area contributed by atoms with E-state index in [9.17, 15) is 14.7 Å². The van der Waals surface area contributed by atoms with Crippen LogP contribution in [0.5, 0.6) is 5.75 Å². The van der Waals surface area contributed by atoms with Crippen LogP contribution in [0.2, 0.25) is 0 Å². The number of amides is 1. The molecule has 6 heteroatoms. The highest BCUT2D eigenvalue weighted by molar-refractivity contribution is 5.94. The molecule has 1 saturated carbocycles. The molecule has 1 amide bonds. The van der Waals surface area contributed by atoms with Crippen molar-refractivity contribution in [2.24, 2.45) is 5.41 Å². The van der Waals surface area contributed by atoms with E-state index in [4.69, 9.17) is 5.11 Å². The molecule has 0 radical (unpaired) electrons. The number of aromatic hydroxyl groups is 1. The van der Waals surface area contributed by atoms with E-state index in [2.05, 4.69) is 10.3 Å². The molecular formula is C13H16N2O4. The summed E-state index contributed by atoms with van der Waals surface area (Å²) in [4.78, 5) is 26.5. The number of carboxylic acids is 1. The third-order valence-electron chi connectivity index (χ3n) is 3.57. The molecule has 0 unspecified atom stereocenters. The Morgan fingerprint density at radius 2 is 2.16 bits per heavy atom. The summed E-state index contributed by atoms with van der Waals surface area (Å²) in [5.41, 5.74) is -0.376. The molecule has 1 aliphatic carbocycles. The van der Waals surface area contributed by atoms with Crippen molar-refractivity contribution in [2.75, 3.05) is 6.54 Å². The summed E-state index contributed by atoms with van der Waals surface area (Å²) in [6.45, 7) is 0.300. The minimum atomic E-state index is -0.852. The molecule has 0 spiro atoms. The first-order valence-corrected chi connectivity index (χ1v) is 6.16. The van der Waals surface area contributed by atoms with Gasteiger partial charge in [-0.1, -0.05) is 6.42 Å². The molecule has 0 aromatic carbocycles. The Morgan fingerprint density at radius 1 is 1.42 bits per heavy atom. The number of nitrogens with one attached hydrogen (secondary N) is 1. The lowest BCUT2D eigenvalue weighted by Gasteiger charge is -2.40. The van der Waals surface area contributed by atoms with Crippen LogP contribution in [-0.4, -0.2) is 33.6 Å². The zero-order valence-electron chi connectivity index (χ0n) is 10.4. The van der Waals surface area contributed by atoms with Gasteiger partial charge in [-0.25, -0.2) is 4.98 Å². The highest BCUT2D eigenvalue weighted by atomic mass is 16.4. The molecule has 6 nitrogen and oxygen atoms in total. The summed E-state index contributed by atoms with van der Waals surface area (Å²) in [6, 6.07) is 2.92. The number of hydrogen-bond donors (Lipinski definition) is 3. The summed E-state index contributed by atoms with van der Waals surface area (Å²) in [6.07, 6.45) is 4.06. The predicted molar refractivity (Wildman–Crippen MR) is 66.8 cm³/mol. The second-order valence-electron chi connectivity index (χ2n) is 4.98. The fraction of sp³-hybridized carbons (Fsp3) is 0.462. The maximum absolute atomic E-state index is 11.9. The lowest BCUT2D eigenvalue weighted by atomic mass is 9.66. The van der Waals surface area contributed by atoms with Gasteiger partial charge in [0.25, 0.3) is 5.91 Å². The minimum Gasteiger partial charge on any atom is -0.505 e. The van der Waals surface area contributed by atoms with Gasteiger partial charge in [0.05, 0.1) is 6.42 Å². The van der Waals surface area contributed by atoms with Gasteiger partial charge in [-0.15, -0.1) is 0 Å². The monoisotopic (exact) mass is 264 g/mol. The Bertz CT molecular complexity index is 497. The predicted octanol–water partition coefficient (Wildman–Crippen LogP) is 1.16. The van der Waals surface area contributed by atoms with E-state index in [1.165, 1.54) is 18.3 Å². The van der Waals surface area contributed by atoms with Crippen LogP contribution < -0.4 is 5.32 Å². The Labute approximate surface area is 110 Å². The molecule has 2 rings (SSSR count). The third kappa shape index (κ3) is 3.01. The van der Waals surface area contributed by atoms with E-state index in [0.717, 1.165) is 19.3 Å². The Balaban J connectivity index is 1.97. The van der Waals surface area contributed by atoms with E-state index in [0.29, 0.717) is 6.54 Å². The van der Waals surface area contributed by atoms with Gasteiger partial charge in [-0.05, 0) is 30.4 Å². The maximum Gasteiger partial charge on any atom is 0.303 e. The number of hydrogen-bond acceptors (Lipinski definition) is 4. The number of nitrogens with zero attached hydrogens (tertiary/aromatic N) is 1. The minimum absolute atomic E-state index is 0.0349. The van der Waals surface area contributed by atoms with Gasteiger partial charge in [0.1, 0.15) is 5.75 Å². The summed E-state index contributed by atoms with van der Waals surface area (Å²) in [7, 11) is 0. The molecule has 19 heavy (non-hydrogen) atoms. The molecule has 0 bridgehead atoms. The molecule has 1 aliphatic rings. The average Bonchev–Trinajstić information content (AvgIpc) is 2.32. The Morgan fingerprint density at radius 3 is 2.68 bits per heavy atom. The first kappa shape index (κ1) is 13.3. The molecule has 0 atom stereocenters. The van der Waals surface area contributed by atoms with Crippen LogP contribution in [-0.2, 0) is 4.79 Å². The quantitative estimate of drug-likeness (QED) is 0.741. The highest BCUT2D eigenvalue weighted by Gasteiger charge is 2.39. The number of rotatable bonds is 5. The van der Waals surface area contributed by atoms with Crippen LogP contribution in [0.3, 0.4) is 0 Å². The van der Waals surface area contributed by atoms with Crippen LogP contribution >= 0.6 is 0 Å². The van der Waals surface area contributed by atoms with Gasteiger partial charge in [0, 0.05) is 12.7 Å². The number of carbonyl (C=O) groups is 2. The summed E-state index contributed by atoms with van der Waals surface area (Å²) in [5, 5.41) is 21.0. The fourth-order valence-electron chi connectivity index (χ4n) is 2.34. The maximum atomic E-state index is 11.9. The number of aliphatic carboxylic acids is 1. The van der Waals surface area contributed by atoms with Gasteiger partial charge >= 0.3 is 5.97 Å². The SMILES string of the molecule is O=C(O)CC1(CNC(=O)c2ncccc2O)CCC1. The standard InChI is InChI=1S/C13H16N2O4/c16-9-3-1-6-14-11(9)12(19)15-8-13(4-2-5-13)7-10(17)18/h1,3,6,16H,2,4-5,7-8H2,(H,15,19)(H,17,18). The van der Waals surface area contributed by atoms with Crippen molar-refractivity contribution >= 4 is 11.9 Å². The normalized spacial score (nSPS) is 16.4. The molecule has 0 aliphatic heterocycles. The molecule has 0 saturated heterocycles. The Hall–Kier alpha value is -2.11. The Kier molecular flexibility index (Phi) is 3.69. The van der Waals surface area contributed by atoms with E-state index < -0.39 is 11.9 Å². The van der Waals surface area contributed by atoms with E-state index >= 15 is 0 Å². The second kappa shape index (κ2) is 5.26. The first-order chi connectivity index (χ1) is 9.02. The molecule has 1 fully saturated rings. The summed E-state index contributed by atoms with van der Waals surface area (Å²) < 4.78 is 0. The van der Waals surface area contributed by atoms with Gasteiger partial charge in [-0.3, -0.25) is 9.59 Å². The fourth-order valence-corrected chi connectivity index (χ4v) is 2.34. The number of pyridine rings is 1. The lowest BCUT2D eigenvalue weighted by Crippen LogP contribution is -2.43. The van der Waals surface area contributed by atoms with Crippen molar-refractivity contribution in [3.8, 4) is 5.75 Å². The summed E-state index contributed by atoms with van der Waals surface area (Å²) in [5.74, 6) is -1.51. The molecule has 1 aromatic heterocycles. The zero-order valence-corrected chi connectivity index (χ0v) is 10.4. The van der Waals surface area contributed by atoms with Crippen molar-refractivity contribution in [1.82, 2.24) is 10.3 Å². The number of aromatic nitrogens is 1. The van der Waals surface area contributed by atoms with Crippen LogP contribution in [0.4, 0.5) is 0 Å². The van der Waals surface area contributed by atoms with E-state index in [1.54, 1.807) is 0 Å². The third-order valence-corrected chi connectivity index (χ3v) is 3.57. The molecule has 3 N–H and O–H groups in total. The van der Waals surface area contributed by atoms with Crippen LogP contribution in [0.1, 0.15) is 36.2 Å². The van der Waals surface area contributed by atoms with Crippen molar-refractivity contribution in [1.29, 1.82) is 0 Å². The van der Waals surface area contributed by atoms with Crippen molar-refractivity contribution in [2.45, 2.75) is 25.7 Å². The van der Waals surface area contributed by atoms with Crippen LogP contribution in [0, 0.1) is 5.41 Å². The van der Waals surface area contributed by atoms with Gasteiger partial charge in [-0.2, -0.15) is 0 Å². The molecule has 1 aromatic rings. The second-order valence-corrected chi connectivity index (χ2v) is 4.98. The number of carbonyl (C=O) groups excluding carboxylic acids is 1. The average molecular weight is 264 g/mol. The number of carboxylic acid groups (broad SMARTS) is 1. The molecule has 102 valence electrons. The van der Waals surface area contributed by atoms with Gasteiger partial charge in [0.15, 0.2) is 5.69 Å². The smallest absolute Gasteiger partial charge is 0.303 e. The van der Waals surface area contributed by atoms with Gasteiger partial charge < -0.3 is 15.5 Å². The molecular weight excluding hydrogens is 248 g/mol.